The normalized spacial score (nSPS) is 52.4. The first-order valence-corrected chi connectivity index (χ1v) is 20.3. The molecule has 6 rings (SSSR count). The average Bonchev–Trinajstić information content (AvgIpc) is 3.56. The Hall–Kier alpha value is -0.163. The first kappa shape index (κ1) is 30.8. The molecule has 1 aliphatic heterocycles. The monoisotopic (exact) mass is 584 g/mol. The summed E-state index contributed by atoms with van der Waals surface area (Å²) in [6, 6.07) is 3.55. The van der Waals surface area contributed by atoms with Gasteiger partial charge in [0.15, 0.2) is 8.32 Å². The summed E-state index contributed by atoms with van der Waals surface area (Å²) in [5.41, 5.74) is 2.67. The molecule has 1 heterocycles. The molecule has 4 heteroatoms. The SMILES string of the molecule is C=C(C)[C@@H](O)[C@H]1C[C@@H](C)[C@H]2[C@H](O1)[C@H](O[Si](CC)(CC)CC)[C@@]1(C)[C@@H]3CC[C@H]4C(C)(C)C(C)CC[C@@]45C[C@@]35CC[C@]21C. The van der Waals surface area contributed by atoms with Gasteiger partial charge in [0.05, 0.1) is 18.3 Å². The summed E-state index contributed by atoms with van der Waals surface area (Å²) < 4.78 is 15.0. The summed E-state index contributed by atoms with van der Waals surface area (Å²) in [5.74, 6) is 3.45. The van der Waals surface area contributed by atoms with Crippen LogP contribution in [0.4, 0.5) is 0 Å². The molecule has 0 amide bonds. The lowest BCUT2D eigenvalue weighted by molar-refractivity contribution is -0.172. The van der Waals surface area contributed by atoms with Crippen LogP contribution in [-0.2, 0) is 9.16 Å². The predicted molar refractivity (Wildman–Crippen MR) is 172 cm³/mol. The van der Waals surface area contributed by atoms with Gasteiger partial charge in [-0.1, -0.05) is 68.9 Å². The van der Waals surface area contributed by atoms with Crippen LogP contribution in [0.25, 0.3) is 0 Å². The number of fused-ring (bicyclic) bond motifs is 4. The van der Waals surface area contributed by atoms with Crippen LogP contribution < -0.4 is 0 Å². The number of hydrogen-bond donors (Lipinski definition) is 1. The fourth-order valence-corrected chi connectivity index (χ4v) is 16.4. The number of rotatable bonds is 7. The van der Waals surface area contributed by atoms with E-state index in [0.29, 0.717) is 28.1 Å². The molecule has 6 aliphatic rings. The topological polar surface area (TPSA) is 38.7 Å². The van der Waals surface area contributed by atoms with Gasteiger partial charge >= 0.3 is 0 Å². The molecule has 0 aromatic carbocycles. The molecule has 2 spiro atoms. The van der Waals surface area contributed by atoms with Crippen LogP contribution in [0.3, 0.4) is 0 Å². The average molecular weight is 585 g/mol. The van der Waals surface area contributed by atoms with E-state index in [1.807, 2.05) is 6.92 Å². The van der Waals surface area contributed by atoms with E-state index in [4.69, 9.17) is 9.16 Å². The summed E-state index contributed by atoms with van der Waals surface area (Å²) in [5, 5.41) is 11.2. The van der Waals surface area contributed by atoms with Crippen LogP contribution in [0.1, 0.15) is 121 Å². The van der Waals surface area contributed by atoms with Gasteiger partial charge in [0.2, 0.25) is 0 Å². The number of aliphatic hydroxyl groups is 1. The number of hydrogen-bond acceptors (Lipinski definition) is 3. The van der Waals surface area contributed by atoms with Crippen LogP contribution >= 0.6 is 0 Å². The zero-order valence-corrected chi connectivity index (χ0v) is 29.4. The highest BCUT2D eigenvalue weighted by molar-refractivity contribution is 6.73. The molecule has 1 unspecified atom stereocenters. The second kappa shape index (κ2) is 9.67. The largest absolute Gasteiger partial charge is 0.411 e. The molecular formula is C37H64O3Si. The quantitative estimate of drug-likeness (QED) is 0.239. The van der Waals surface area contributed by atoms with Gasteiger partial charge in [-0.05, 0) is 133 Å². The molecule has 0 aromatic heterocycles. The van der Waals surface area contributed by atoms with Crippen molar-refractivity contribution in [3.63, 3.8) is 0 Å². The van der Waals surface area contributed by atoms with Crippen LogP contribution in [0.2, 0.25) is 18.1 Å². The first-order valence-electron chi connectivity index (χ1n) is 17.8. The first-order chi connectivity index (χ1) is 19.1. The summed E-state index contributed by atoms with van der Waals surface area (Å²) >= 11 is 0. The van der Waals surface area contributed by atoms with Gasteiger partial charge in [-0.2, -0.15) is 0 Å². The van der Waals surface area contributed by atoms with Crippen molar-refractivity contribution >= 4 is 8.32 Å². The molecule has 1 N–H and O–H groups in total. The maximum absolute atomic E-state index is 11.2. The third-order valence-corrected chi connectivity index (χ3v) is 21.1. The maximum atomic E-state index is 11.2. The van der Waals surface area contributed by atoms with Crippen molar-refractivity contribution in [3.8, 4) is 0 Å². The van der Waals surface area contributed by atoms with Gasteiger partial charge in [-0.3, -0.25) is 0 Å². The van der Waals surface area contributed by atoms with Crippen molar-refractivity contribution in [2.45, 2.75) is 163 Å². The molecule has 41 heavy (non-hydrogen) atoms. The molecule has 0 radical (unpaired) electrons. The minimum absolute atomic E-state index is 0.0784. The van der Waals surface area contributed by atoms with Crippen LogP contribution in [0, 0.1) is 56.7 Å². The van der Waals surface area contributed by atoms with Crippen LogP contribution in [0.5, 0.6) is 0 Å². The Bertz CT molecular complexity index is 1040. The highest BCUT2D eigenvalue weighted by Crippen LogP contribution is 2.89. The molecule has 6 fully saturated rings. The maximum Gasteiger partial charge on any atom is 0.192 e. The van der Waals surface area contributed by atoms with Gasteiger partial charge in [0.25, 0.3) is 0 Å². The predicted octanol–water partition coefficient (Wildman–Crippen LogP) is 9.40. The van der Waals surface area contributed by atoms with Crippen molar-refractivity contribution in [1.82, 2.24) is 0 Å². The van der Waals surface area contributed by atoms with E-state index in [1.165, 1.54) is 63.1 Å². The lowest BCUT2D eigenvalue weighted by atomic mass is 9.41. The van der Waals surface area contributed by atoms with E-state index in [1.54, 1.807) is 0 Å². The third kappa shape index (κ3) is 3.72. The van der Waals surface area contributed by atoms with Crippen LogP contribution in [0.15, 0.2) is 12.2 Å². The Morgan fingerprint density at radius 2 is 1.56 bits per heavy atom. The van der Waals surface area contributed by atoms with Gasteiger partial charge < -0.3 is 14.3 Å². The molecule has 234 valence electrons. The van der Waals surface area contributed by atoms with Gasteiger partial charge in [-0.25, -0.2) is 0 Å². The minimum atomic E-state index is -1.90. The Morgan fingerprint density at radius 1 is 0.951 bits per heavy atom. The Morgan fingerprint density at radius 3 is 2.17 bits per heavy atom. The minimum Gasteiger partial charge on any atom is -0.411 e. The fourth-order valence-electron chi connectivity index (χ4n) is 13.5. The second-order valence-electron chi connectivity index (χ2n) is 17.6. The zero-order valence-electron chi connectivity index (χ0n) is 28.4. The lowest BCUT2D eigenvalue weighted by Crippen LogP contribution is -2.60. The van der Waals surface area contributed by atoms with Gasteiger partial charge in [0.1, 0.15) is 6.10 Å². The molecule has 5 aliphatic carbocycles. The van der Waals surface area contributed by atoms with E-state index >= 15 is 0 Å². The molecule has 13 atom stereocenters. The highest BCUT2D eigenvalue weighted by atomic mass is 28.4. The lowest BCUT2D eigenvalue weighted by Gasteiger charge is -2.64. The molecule has 1 saturated heterocycles. The third-order valence-electron chi connectivity index (χ3n) is 16.5. The fraction of sp³-hybridized carbons (Fsp3) is 0.946. The summed E-state index contributed by atoms with van der Waals surface area (Å²) in [4.78, 5) is 0. The van der Waals surface area contributed by atoms with Crippen molar-refractivity contribution in [1.29, 1.82) is 0 Å². The second-order valence-corrected chi connectivity index (χ2v) is 22.3. The molecular weight excluding hydrogens is 520 g/mol. The molecule has 3 nitrogen and oxygen atoms in total. The van der Waals surface area contributed by atoms with Gasteiger partial charge in [0, 0.05) is 5.41 Å². The standard InChI is InChI=1S/C37H64O3Si/c1-12-41(13-2,14-3)40-32-31-29(24(6)21-26(39-31)30(38)23(4)5)34(10)19-20-37-22-36(37)18-17-25(7)33(8,9)27(36)15-16-28(37)35(32,34)11/h24-32,38H,4,12-22H2,1-3,5-11H3/t24-,25?,26-,27+,28+,29+,30-,31+,32+,34-,35-,36-,37+/m1/s1. The van der Waals surface area contributed by atoms with E-state index in [2.05, 4.69) is 68.9 Å². The molecule has 0 bridgehead atoms. The van der Waals surface area contributed by atoms with Crippen molar-refractivity contribution < 1.29 is 14.3 Å². The smallest absolute Gasteiger partial charge is 0.192 e. The summed E-state index contributed by atoms with van der Waals surface area (Å²) in [6.07, 6.45) is 10.3. The molecule has 5 saturated carbocycles. The number of ether oxygens (including phenoxy) is 1. The summed E-state index contributed by atoms with van der Waals surface area (Å²) in [7, 11) is -1.90. The van der Waals surface area contributed by atoms with E-state index < -0.39 is 14.4 Å². The highest BCUT2D eigenvalue weighted by Gasteiger charge is 2.84. The Balaban J connectivity index is 1.46. The van der Waals surface area contributed by atoms with E-state index in [9.17, 15) is 5.11 Å². The van der Waals surface area contributed by atoms with E-state index in [0.717, 1.165) is 29.7 Å². The van der Waals surface area contributed by atoms with Gasteiger partial charge in [-0.15, -0.1) is 0 Å². The van der Waals surface area contributed by atoms with Crippen molar-refractivity contribution in [3.05, 3.63) is 12.2 Å². The Kier molecular flexibility index (Phi) is 7.27. The zero-order chi connectivity index (χ0) is 30.0. The number of aliphatic hydroxyl groups excluding tert-OH is 1. The Labute approximate surface area is 254 Å². The van der Waals surface area contributed by atoms with Crippen molar-refractivity contribution in [2.24, 2.45) is 56.7 Å². The van der Waals surface area contributed by atoms with Crippen molar-refractivity contribution in [2.75, 3.05) is 0 Å². The summed E-state index contributed by atoms with van der Waals surface area (Å²) in [6.45, 7) is 28.9. The molecule has 0 aromatic rings. The van der Waals surface area contributed by atoms with Crippen LogP contribution in [-0.4, -0.2) is 37.8 Å². The van der Waals surface area contributed by atoms with E-state index in [-0.39, 0.29) is 29.1 Å².